The Labute approximate surface area is 203 Å². The van der Waals surface area contributed by atoms with Gasteiger partial charge in [0.05, 0.1) is 12.2 Å². The molecule has 3 aromatic carbocycles. The summed E-state index contributed by atoms with van der Waals surface area (Å²) < 4.78 is 11.3. The van der Waals surface area contributed by atoms with Crippen molar-refractivity contribution in [2.45, 2.75) is 64.7 Å². The van der Waals surface area contributed by atoms with Gasteiger partial charge in [-0.2, -0.15) is 0 Å². The van der Waals surface area contributed by atoms with Crippen molar-refractivity contribution in [3.63, 3.8) is 0 Å². The molecule has 0 aliphatic heterocycles. The second kappa shape index (κ2) is 14.1. The van der Waals surface area contributed by atoms with Crippen molar-refractivity contribution in [3.8, 4) is 17.2 Å². The number of esters is 1. The zero-order valence-electron chi connectivity index (χ0n) is 20.2. The van der Waals surface area contributed by atoms with Crippen molar-refractivity contribution in [2.24, 2.45) is 0 Å². The maximum atomic E-state index is 12.5. The number of phenolic OH excluding ortho intramolecular Hbond substituents is 1. The first-order valence-electron chi connectivity index (χ1n) is 12.5. The fourth-order valence-electron chi connectivity index (χ4n) is 3.78. The molecule has 0 spiro atoms. The van der Waals surface area contributed by atoms with Gasteiger partial charge in [0.1, 0.15) is 17.2 Å². The average molecular weight is 461 g/mol. The van der Waals surface area contributed by atoms with Gasteiger partial charge in [0.15, 0.2) is 0 Å². The minimum atomic E-state index is -0.379. The van der Waals surface area contributed by atoms with Gasteiger partial charge in [0, 0.05) is 0 Å². The van der Waals surface area contributed by atoms with E-state index in [1.165, 1.54) is 44.1 Å². The van der Waals surface area contributed by atoms with Crippen LogP contribution >= 0.6 is 0 Å². The van der Waals surface area contributed by atoms with Gasteiger partial charge in [-0.25, -0.2) is 4.79 Å². The molecule has 0 saturated carbocycles. The number of aromatic hydroxyl groups is 1. The molecule has 0 unspecified atom stereocenters. The summed E-state index contributed by atoms with van der Waals surface area (Å²) in [6, 6.07) is 22.0. The predicted octanol–water partition coefficient (Wildman–Crippen LogP) is 7.53. The third-order valence-electron chi connectivity index (χ3n) is 5.88. The number of benzene rings is 3. The topological polar surface area (TPSA) is 55.8 Å². The van der Waals surface area contributed by atoms with E-state index in [1.807, 2.05) is 48.5 Å². The Kier molecular flexibility index (Phi) is 10.5. The van der Waals surface area contributed by atoms with Crippen LogP contribution in [0.5, 0.6) is 17.2 Å². The highest BCUT2D eigenvalue weighted by molar-refractivity contribution is 5.91. The van der Waals surface area contributed by atoms with E-state index in [1.54, 1.807) is 24.3 Å². The largest absolute Gasteiger partial charge is 0.508 e. The van der Waals surface area contributed by atoms with Crippen molar-refractivity contribution in [1.82, 2.24) is 0 Å². The van der Waals surface area contributed by atoms with Gasteiger partial charge in [-0.3, -0.25) is 0 Å². The summed E-state index contributed by atoms with van der Waals surface area (Å²) >= 11 is 0. The van der Waals surface area contributed by atoms with Gasteiger partial charge < -0.3 is 14.6 Å². The molecule has 0 heterocycles. The van der Waals surface area contributed by atoms with Gasteiger partial charge in [0.25, 0.3) is 0 Å². The highest BCUT2D eigenvalue weighted by Gasteiger charge is 2.09. The summed E-state index contributed by atoms with van der Waals surface area (Å²) in [7, 11) is 0. The number of carbonyl (C=O) groups excluding carboxylic acids is 1. The molecule has 4 heteroatoms. The zero-order chi connectivity index (χ0) is 24.0. The lowest BCUT2D eigenvalue weighted by molar-refractivity contribution is 0.0734. The van der Waals surface area contributed by atoms with E-state index in [0.29, 0.717) is 17.9 Å². The molecule has 0 bridgehead atoms. The number of rotatable bonds is 14. The van der Waals surface area contributed by atoms with E-state index in [4.69, 9.17) is 9.47 Å². The summed E-state index contributed by atoms with van der Waals surface area (Å²) in [4.78, 5) is 12.5. The lowest BCUT2D eigenvalue weighted by Crippen LogP contribution is -2.08. The first-order chi connectivity index (χ1) is 16.6. The van der Waals surface area contributed by atoms with E-state index < -0.39 is 0 Å². The number of phenols is 1. The fourth-order valence-corrected chi connectivity index (χ4v) is 3.78. The van der Waals surface area contributed by atoms with E-state index in [2.05, 4.69) is 6.92 Å². The number of hydrogen-bond acceptors (Lipinski definition) is 4. The Morgan fingerprint density at radius 1 is 0.676 bits per heavy atom. The van der Waals surface area contributed by atoms with Crippen LogP contribution < -0.4 is 9.47 Å². The zero-order valence-corrected chi connectivity index (χ0v) is 20.2. The Morgan fingerprint density at radius 3 is 1.82 bits per heavy atom. The molecule has 34 heavy (non-hydrogen) atoms. The van der Waals surface area contributed by atoms with Gasteiger partial charge in [-0.1, -0.05) is 69.7 Å². The number of ether oxygens (including phenoxy) is 2. The van der Waals surface area contributed by atoms with Gasteiger partial charge in [0.2, 0.25) is 0 Å². The molecule has 0 atom stereocenters. The summed E-state index contributed by atoms with van der Waals surface area (Å²) in [5, 5.41) is 9.37. The van der Waals surface area contributed by atoms with Crippen LogP contribution in [0, 0.1) is 0 Å². The van der Waals surface area contributed by atoms with Crippen LogP contribution in [0.3, 0.4) is 0 Å². The van der Waals surface area contributed by atoms with Crippen molar-refractivity contribution < 1.29 is 19.4 Å². The summed E-state index contributed by atoms with van der Waals surface area (Å²) in [6.07, 6.45) is 10.5. The Bertz CT molecular complexity index is 976. The molecule has 0 saturated heterocycles. The van der Waals surface area contributed by atoms with Crippen LogP contribution in [0.2, 0.25) is 0 Å². The van der Waals surface area contributed by atoms with Crippen LogP contribution in [0.1, 0.15) is 73.4 Å². The molecule has 0 radical (unpaired) electrons. The SMILES string of the molecule is CCCCCCCCCOc1ccc(C(=O)Oc2ccc(CCc3ccc(O)cc3)cc2)cc1. The fraction of sp³-hybridized carbons (Fsp3) is 0.367. The average Bonchev–Trinajstić information content (AvgIpc) is 2.86. The van der Waals surface area contributed by atoms with Crippen LogP contribution in [-0.2, 0) is 12.8 Å². The Hall–Kier alpha value is -3.27. The van der Waals surface area contributed by atoms with Crippen LogP contribution in [0.4, 0.5) is 0 Å². The molecule has 0 amide bonds. The smallest absolute Gasteiger partial charge is 0.343 e. The number of aryl methyl sites for hydroxylation is 2. The van der Waals surface area contributed by atoms with E-state index in [9.17, 15) is 9.90 Å². The minimum Gasteiger partial charge on any atom is -0.508 e. The molecule has 0 aromatic heterocycles. The highest BCUT2D eigenvalue weighted by Crippen LogP contribution is 2.19. The molecular formula is C30H36O4. The third-order valence-corrected chi connectivity index (χ3v) is 5.88. The molecule has 0 aliphatic rings. The normalized spacial score (nSPS) is 10.7. The van der Waals surface area contributed by atoms with E-state index in [0.717, 1.165) is 30.6 Å². The molecule has 3 aromatic rings. The Morgan fingerprint density at radius 2 is 1.21 bits per heavy atom. The predicted molar refractivity (Wildman–Crippen MR) is 137 cm³/mol. The van der Waals surface area contributed by atoms with Crippen molar-refractivity contribution >= 4 is 5.97 Å². The molecule has 0 aliphatic carbocycles. The second-order valence-corrected chi connectivity index (χ2v) is 8.69. The van der Waals surface area contributed by atoms with E-state index in [-0.39, 0.29) is 11.7 Å². The monoisotopic (exact) mass is 460 g/mol. The standard InChI is InChI=1S/C30H36O4/c1-2-3-4-5-6-7-8-23-33-28-21-15-26(16-22-28)30(32)34-29-19-13-25(14-20-29)10-9-24-11-17-27(31)18-12-24/h11-22,31H,2-10,23H2,1H3. The molecule has 1 N–H and O–H groups in total. The number of carbonyl (C=O) groups is 1. The molecule has 0 fully saturated rings. The second-order valence-electron chi connectivity index (χ2n) is 8.69. The van der Waals surface area contributed by atoms with Crippen LogP contribution in [0.25, 0.3) is 0 Å². The quantitative estimate of drug-likeness (QED) is 0.153. The number of unbranched alkanes of at least 4 members (excludes halogenated alkanes) is 6. The minimum absolute atomic E-state index is 0.278. The van der Waals surface area contributed by atoms with Crippen LogP contribution in [-0.4, -0.2) is 17.7 Å². The lowest BCUT2D eigenvalue weighted by Gasteiger charge is -2.08. The molecule has 4 nitrogen and oxygen atoms in total. The highest BCUT2D eigenvalue weighted by atomic mass is 16.5. The van der Waals surface area contributed by atoms with Gasteiger partial charge in [-0.15, -0.1) is 0 Å². The summed E-state index contributed by atoms with van der Waals surface area (Å²) in [5.74, 6) is 1.20. The molecule has 3 rings (SSSR count). The first kappa shape index (κ1) is 25.4. The molecular weight excluding hydrogens is 424 g/mol. The third kappa shape index (κ3) is 8.93. The number of hydrogen-bond donors (Lipinski definition) is 1. The Balaban J connectivity index is 1.38. The summed E-state index contributed by atoms with van der Waals surface area (Å²) in [6.45, 7) is 2.94. The maximum Gasteiger partial charge on any atom is 0.343 e. The van der Waals surface area contributed by atoms with E-state index >= 15 is 0 Å². The molecule has 180 valence electrons. The van der Waals surface area contributed by atoms with Crippen molar-refractivity contribution in [2.75, 3.05) is 6.61 Å². The first-order valence-corrected chi connectivity index (χ1v) is 12.5. The lowest BCUT2D eigenvalue weighted by atomic mass is 10.0. The van der Waals surface area contributed by atoms with Crippen molar-refractivity contribution in [3.05, 3.63) is 89.5 Å². The van der Waals surface area contributed by atoms with Crippen molar-refractivity contribution in [1.29, 1.82) is 0 Å². The van der Waals surface area contributed by atoms with Crippen LogP contribution in [0.15, 0.2) is 72.8 Å². The summed E-state index contributed by atoms with van der Waals surface area (Å²) in [5.41, 5.74) is 2.83. The van der Waals surface area contributed by atoms with Gasteiger partial charge in [-0.05, 0) is 78.9 Å². The maximum absolute atomic E-state index is 12.5. The van der Waals surface area contributed by atoms with Gasteiger partial charge >= 0.3 is 5.97 Å².